The minimum atomic E-state index is -3.77. The maximum atomic E-state index is 12.4. The molecule has 0 heterocycles. The molecule has 106 valence electrons. The Balaban J connectivity index is 2.46. The number of benzene rings is 2. The van der Waals surface area contributed by atoms with Crippen molar-refractivity contribution < 1.29 is 8.42 Å². The van der Waals surface area contributed by atoms with Crippen LogP contribution in [-0.4, -0.2) is 8.42 Å². The summed E-state index contributed by atoms with van der Waals surface area (Å²) < 4.78 is 27.3. The molecule has 0 radical (unpaired) electrons. The fraction of sp³-hybridized carbons (Fsp3) is 0.143. The highest BCUT2D eigenvalue weighted by molar-refractivity contribution is 7.92. The fourth-order valence-corrected chi connectivity index (χ4v) is 3.43. The molecule has 0 aliphatic carbocycles. The van der Waals surface area contributed by atoms with Gasteiger partial charge in [-0.25, -0.2) is 8.42 Å². The van der Waals surface area contributed by atoms with Gasteiger partial charge in [0, 0.05) is 5.69 Å². The number of rotatable bonds is 3. The van der Waals surface area contributed by atoms with Crippen molar-refractivity contribution in [3.05, 3.63) is 52.5 Å². The van der Waals surface area contributed by atoms with Crippen LogP contribution in [0, 0.1) is 13.8 Å². The first kappa shape index (κ1) is 14.7. The summed E-state index contributed by atoms with van der Waals surface area (Å²) in [5, 5.41) is 0.136. The molecule has 0 fully saturated rings. The standard InChI is InChI=1S/C14H15ClN2O2S/c1-9-3-4-10(2)13(7-9)17-20(18,19)14-8-11(16)5-6-12(14)15/h3-8,17H,16H2,1-2H3. The molecule has 0 saturated carbocycles. The second-order valence-corrected chi connectivity index (χ2v) is 6.67. The monoisotopic (exact) mass is 310 g/mol. The van der Waals surface area contributed by atoms with Crippen molar-refractivity contribution in [1.82, 2.24) is 0 Å². The van der Waals surface area contributed by atoms with Gasteiger partial charge in [-0.15, -0.1) is 0 Å². The lowest BCUT2D eigenvalue weighted by Gasteiger charge is -2.12. The van der Waals surface area contributed by atoms with Gasteiger partial charge in [0.25, 0.3) is 10.0 Å². The molecule has 0 amide bonds. The number of nitrogens with one attached hydrogen (secondary N) is 1. The van der Waals surface area contributed by atoms with Crippen LogP contribution >= 0.6 is 11.6 Å². The molecular weight excluding hydrogens is 296 g/mol. The van der Waals surface area contributed by atoms with Gasteiger partial charge in [-0.3, -0.25) is 4.72 Å². The molecule has 2 aromatic carbocycles. The molecule has 6 heteroatoms. The van der Waals surface area contributed by atoms with Gasteiger partial charge < -0.3 is 5.73 Å². The first-order valence-corrected chi connectivity index (χ1v) is 7.81. The highest BCUT2D eigenvalue weighted by Crippen LogP contribution is 2.27. The molecule has 0 aliphatic heterocycles. The van der Waals surface area contributed by atoms with E-state index in [1.54, 1.807) is 12.1 Å². The predicted molar refractivity (Wildman–Crippen MR) is 82.6 cm³/mol. The van der Waals surface area contributed by atoms with E-state index >= 15 is 0 Å². The van der Waals surface area contributed by atoms with Crippen LogP contribution in [-0.2, 0) is 10.0 Å². The zero-order valence-corrected chi connectivity index (χ0v) is 12.7. The molecule has 0 aromatic heterocycles. The Morgan fingerprint density at radius 2 is 1.80 bits per heavy atom. The van der Waals surface area contributed by atoms with Crippen molar-refractivity contribution in [2.75, 3.05) is 10.5 Å². The smallest absolute Gasteiger partial charge is 0.263 e. The quantitative estimate of drug-likeness (QED) is 0.854. The summed E-state index contributed by atoms with van der Waals surface area (Å²) in [6, 6.07) is 9.91. The summed E-state index contributed by atoms with van der Waals surface area (Å²) >= 11 is 5.94. The van der Waals surface area contributed by atoms with E-state index in [1.165, 1.54) is 12.1 Å². The number of nitrogens with two attached hydrogens (primary N) is 1. The summed E-state index contributed by atoms with van der Waals surface area (Å²) in [7, 11) is -3.77. The third-order valence-electron chi connectivity index (χ3n) is 2.88. The van der Waals surface area contributed by atoms with Crippen molar-refractivity contribution in [3.63, 3.8) is 0 Å². The Morgan fingerprint density at radius 1 is 1.10 bits per heavy atom. The lowest BCUT2D eigenvalue weighted by molar-refractivity contribution is 0.601. The SMILES string of the molecule is Cc1ccc(C)c(NS(=O)(=O)c2cc(N)ccc2Cl)c1. The summed E-state index contributed by atoms with van der Waals surface area (Å²) in [6.07, 6.45) is 0. The zero-order chi connectivity index (χ0) is 14.9. The molecule has 0 aliphatic rings. The molecule has 0 unspecified atom stereocenters. The van der Waals surface area contributed by atoms with E-state index in [-0.39, 0.29) is 9.92 Å². The van der Waals surface area contributed by atoms with Crippen LogP contribution in [0.1, 0.15) is 11.1 Å². The van der Waals surface area contributed by atoms with E-state index in [9.17, 15) is 8.42 Å². The molecule has 2 aromatic rings. The largest absolute Gasteiger partial charge is 0.399 e. The van der Waals surface area contributed by atoms with Gasteiger partial charge in [-0.05, 0) is 49.2 Å². The fourth-order valence-electron chi connectivity index (χ4n) is 1.77. The molecule has 4 nitrogen and oxygen atoms in total. The van der Waals surface area contributed by atoms with E-state index in [0.717, 1.165) is 11.1 Å². The van der Waals surface area contributed by atoms with Crippen molar-refractivity contribution in [2.24, 2.45) is 0 Å². The third kappa shape index (κ3) is 3.05. The van der Waals surface area contributed by atoms with Crippen LogP contribution < -0.4 is 10.5 Å². The highest BCUT2D eigenvalue weighted by Gasteiger charge is 2.19. The number of sulfonamides is 1. The Hall–Kier alpha value is -1.72. The van der Waals surface area contributed by atoms with E-state index < -0.39 is 10.0 Å². The van der Waals surface area contributed by atoms with Crippen LogP contribution in [0.3, 0.4) is 0 Å². The van der Waals surface area contributed by atoms with Crippen LogP contribution in [0.4, 0.5) is 11.4 Å². The van der Waals surface area contributed by atoms with Gasteiger partial charge in [0.05, 0.1) is 10.7 Å². The number of hydrogen-bond donors (Lipinski definition) is 2. The molecule has 0 atom stereocenters. The first-order valence-electron chi connectivity index (χ1n) is 5.95. The summed E-state index contributed by atoms with van der Waals surface area (Å²) in [6.45, 7) is 3.73. The Labute approximate surface area is 123 Å². The molecule has 0 spiro atoms. The first-order chi connectivity index (χ1) is 9.29. The number of nitrogen functional groups attached to an aromatic ring is 1. The molecule has 2 rings (SSSR count). The van der Waals surface area contributed by atoms with E-state index in [1.807, 2.05) is 26.0 Å². The highest BCUT2D eigenvalue weighted by atomic mass is 35.5. The zero-order valence-electron chi connectivity index (χ0n) is 11.1. The van der Waals surface area contributed by atoms with Gasteiger partial charge >= 0.3 is 0 Å². The van der Waals surface area contributed by atoms with Gasteiger partial charge in [-0.2, -0.15) is 0 Å². The normalized spacial score (nSPS) is 11.3. The molecular formula is C14H15ClN2O2S. The maximum absolute atomic E-state index is 12.4. The lowest BCUT2D eigenvalue weighted by atomic mass is 10.1. The molecule has 20 heavy (non-hydrogen) atoms. The van der Waals surface area contributed by atoms with E-state index in [2.05, 4.69) is 4.72 Å². The van der Waals surface area contributed by atoms with Crippen LogP contribution in [0.5, 0.6) is 0 Å². The van der Waals surface area contributed by atoms with Gasteiger partial charge in [0.2, 0.25) is 0 Å². The number of halogens is 1. The number of anilines is 2. The Kier molecular flexibility index (Phi) is 3.92. The van der Waals surface area contributed by atoms with Gasteiger partial charge in [0.15, 0.2) is 0 Å². The van der Waals surface area contributed by atoms with Crippen molar-refractivity contribution in [2.45, 2.75) is 18.7 Å². The van der Waals surface area contributed by atoms with Gasteiger partial charge in [0.1, 0.15) is 4.90 Å². The van der Waals surface area contributed by atoms with Crippen molar-refractivity contribution in [1.29, 1.82) is 0 Å². The van der Waals surface area contributed by atoms with Crippen molar-refractivity contribution in [3.8, 4) is 0 Å². The second kappa shape index (κ2) is 5.34. The number of aryl methyl sites for hydroxylation is 2. The van der Waals surface area contributed by atoms with Crippen LogP contribution in [0.15, 0.2) is 41.3 Å². The maximum Gasteiger partial charge on any atom is 0.263 e. The topological polar surface area (TPSA) is 72.2 Å². The summed E-state index contributed by atoms with van der Waals surface area (Å²) in [5.41, 5.74) is 8.29. The minimum absolute atomic E-state index is 0.0277. The van der Waals surface area contributed by atoms with Crippen LogP contribution in [0.2, 0.25) is 5.02 Å². The van der Waals surface area contributed by atoms with Gasteiger partial charge in [-0.1, -0.05) is 23.7 Å². The van der Waals surface area contributed by atoms with Crippen LogP contribution in [0.25, 0.3) is 0 Å². The molecule has 0 saturated heterocycles. The van der Waals surface area contributed by atoms with Crippen molar-refractivity contribution >= 4 is 33.0 Å². The van der Waals surface area contributed by atoms with E-state index in [0.29, 0.717) is 11.4 Å². The summed E-state index contributed by atoms with van der Waals surface area (Å²) in [4.78, 5) is -0.0277. The average molecular weight is 311 g/mol. The van der Waals surface area contributed by atoms with E-state index in [4.69, 9.17) is 17.3 Å². The Bertz CT molecular complexity index is 758. The minimum Gasteiger partial charge on any atom is -0.399 e. The Morgan fingerprint density at radius 3 is 2.50 bits per heavy atom. The second-order valence-electron chi connectivity index (χ2n) is 4.61. The molecule has 0 bridgehead atoms. The lowest BCUT2D eigenvalue weighted by Crippen LogP contribution is -2.14. The predicted octanol–water partition coefficient (Wildman–Crippen LogP) is 3.34. The summed E-state index contributed by atoms with van der Waals surface area (Å²) in [5.74, 6) is 0. The third-order valence-corrected chi connectivity index (χ3v) is 4.73. The average Bonchev–Trinajstić information content (AvgIpc) is 2.36. The number of hydrogen-bond acceptors (Lipinski definition) is 3. The molecule has 3 N–H and O–H groups in total.